The van der Waals surface area contributed by atoms with E-state index in [1.807, 2.05) is 0 Å². The largest absolute Gasteiger partial charge is 0.444 e. The van der Waals surface area contributed by atoms with E-state index in [1.54, 1.807) is 31.3 Å². The third-order valence-corrected chi connectivity index (χ3v) is 3.13. The van der Waals surface area contributed by atoms with Crippen LogP contribution in [-0.2, 0) is 4.74 Å². The van der Waals surface area contributed by atoms with Crippen LogP contribution in [0.15, 0.2) is 24.3 Å². The first-order valence-electron chi connectivity index (χ1n) is 6.02. The summed E-state index contributed by atoms with van der Waals surface area (Å²) in [5.41, 5.74) is 0.521. The molecule has 6 heteroatoms. The van der Waals surface area contributed by atoms with Crippen molar-refractivity contribution in [1.82, 2.24) is 10.2 Å². The summed E-state index contributed by atoms with van der Waals surface area (Å²) in [6, 6.07) is 6.75. The zero-order valence-corrected chi connectivity index (χ0v) is 11.3. The Hall–Kier alpha value is -1.75. The molecule has 0 saturated carbocycles. The topological polar surface area (TPSA) is 58.6 Å². The van der Waals surface area contributed by atoms with E-state index in [4.69, 9.17) is 16.3 Å². The van der Waals surface area contributed by atoms with Gasteiger partial charge in [0.1, 0.15) is 6.10 Å². The fraction of sp³-hybridized carbons (Fsp3) is 0.385. The molecule has 0 aromatic heterocycles. The number of carbonyl (C=O) groups is 2. The van der Waals surface area contributed by atoms with Crippen molar-refractivity contribution in [3.05, 3.63) is 34.9 Å². The average molecular weight is 283 g/mol. The summed E-state index contributed by atoms with van der Waals surface area (Å²) in [5.74, 6) is -0.180. The van der Waals surface area contributed by atoms with Crippen LogP contribution < -0.4 is 5.32 Å². The third kappa shape index (κ3) is 3.61. The Bertz CT molecular complexity index is 493. The smallest absolute Gasteiger partial charge is 0.409 e. The molecular formula is C13H15ClN2O3. The molecule has 0 aliphatic carbocycles. The maximum Gasteiger partial charge on any atom is 0.409 e. The molecule has 1 aromatic carbocycles. The van der Waals surface area contributed by atoms with Gasteiger partial charge < -0.3 is 15.0 Å². The minimum Gasteiger partial charge on any atom is -0.444 e. The first-order valence-corrected chi connectivity index (χ1v) is 6.39. The lowest BCUT2D eigenvalue weighted by molar-refractivity contribution is 0.0944. The van der Waals surface area contributed by atoms with Crippen LogP contribution in [0.5, 0.6) is 0 Å². The molecule has 1 aliphatic heterocycles. The summed E-state index contributed by atoms with van der Waals surface area (Å²) >= 11 is 5.82. The maximum atomic E-state index is 11.8. The fourth-order valence-electron chi connectivity index (χ4n) is 1.88. The number of cyclic esters (lactones) is 1. The van der Waals surface area contributed by atoms with E-state index >= 15 is 0 Å². The molecular weight excluding hydrogens is 268 g/mol. The molecule has 1 unspecified atom stereocenters. The zero-order chi connectivity index (χ0) is 13.8. The van der Waals surface area contributed by atoms with Gasteiger partial charge in [0.2, 0.25) is 0 Å². The van der Waals surface area contributed by atoms with Gasteiger partial charge >= 0.3 is 6.09 Å². The van der Waals surface area contributed by atoms with Gasteiger partial charge in [-0.1, -0.05) is 17.7 Å². The number of nitrogens with one attached hydrogen (secondary N) is 1. The van der Waals surface area contributed by atoms with Gasteiger partial charge in [0, 0.05) is 30.6 Å². The molecule has 102 valence electrons. The van der Waals surface area contributed by atoms with Crippen LogP contribution in [0, 0.1) is 0 Å². The number of amides is 2. The third-order valence-electron chi connectivity index (χ3n) is 2.90. The summed E-state index contributed by atoms with van der Waals surface area (Å²) in [6.07, 6.45) is 0.130. The van der Waals surface area contributed by atoms with Crippen molar-refractivity contribution in [2.24, 2.45) is 0 Å². The normalized spacial score (nSPS) is 18.3. The Kier molecular flexibility index (Phi) is 4.27. The van der Waals surface area contributed by atoms with Gasteiger partial charge in [-0.2, -0.15) is 0 Å². The fourth-order valence-corrected chi connectivity index (χ4v) is 2.07. The average Bonchev–Trinajstić information content (AvgIpc) is 2.68. The van der Waals surface area contributed by atoms with E-state index in [0.29, 0.717) is 30.1 Å². The summed E-state index contributed by atoms with van der Waals surface area (Å²) in [5, 5.41) is 3.30. The molecule has 0 radical (unpaired) electrons. The van der Waals surface area contributed by atoms with Crippen LogP contribution >= 0.6 is 11.6 Å². The maximum absolute atomic E-state index is 11.8. The Morgan fingerprint density at radius 2 is 2.37 bits per heavy atom. The molecule has 0 spiro atoms. The molecule has 1 aromatic rings. The number of nitrogens with zero attached hydrogens (tertiary/aromatic N) is 1. The van der Waals surface area contributed by atoms with Crippen LogP contribution in [0.1, 0.15) is 16.8 Å². The summed E-state index contributed by atoms with van der Waals surface area (Å²) in [7, 11) is 1.69. The SMILES string of the molecule is CN1CC(CCNC(=O)c2cccc(Cl)c2)OC1=O. The van der Waals surface area contributed by atoms with E-state index in [9.17, 15) is 9.59 Å². The first-order chi connectivity index (χ1) is 9.06. The number of hydrogen-bond donors (Lipinski definition) is 1. The molecule has 5 nitrogen and oxygen atoms in total. The lowest BCUT2D eigenvalue weighted by Crippen LogP contribution is -2.28. The molecule has 19 heavy (non-hydrogen) atoms. The van der Waals surface area contributed by atoms with Gasteiger partial charge in [0.25, 0.3) is 5.91 Å². The number of benzene rings is 1. The van der Waals surface area contributed by atoms with Crippen molar-refractivity contribution >= 4 is 23.6 Å². The highest BCUT2D eigenvalue weighted by molar-refractivity contribution is 6.30. The van der Waals surface area contributed by atoms with E-state index in [1.165, 1.54) is 4.90 Å². The number of halogens is 1. The Balaban J connectivity index is 1.77. The molecule has 2 amide bonds. The summed E-state index contributed by atoms with van der Waals surface area (Å²) in [6.45, 7) is 1.02. The highest BCUT2D eigenvalue weighted by Gasteiger charge is 2.27. The van der Waals surface area contributed by atoms with Crippen LogP contribution in [0.4, 0.5) is 4.79 Å². The predicted octanol–water partition coefficient (Wildman–Crippen LogP) is 1.91. The molecule has 1 atom stereocenters. The van der Waals surface area contributed by atoms with Crippen molar-refractivity contribution < 1.29 is 14.3 Å². The Labute approximate surface area is 116 Å². The minimum atomic E-state index is -0.314. The quantitative estimate of drug-likeness (QED) is 0.918. The lowest BCUT2D eigenvalue weighted by atomic mass is 10.2. The molecule has 0 bridgehead atoms. The summed E-state index contributed by atoms with van der Waals surface area (Å²) in [4.78, 5) is 24.5. The van der Waals surface area contributed by atoms with Crippen molar-refractivity contribution in [3.8, 4) is 0 Å². The summed E-state index contributed by atoms with van der Waals surface area (Å²) < 4.78 is 5.09. The molecule has 1 fully saturated rings. The highest BCUT2D eigenvalue weighted by Crippen LogP contribution is 2.12. The number of hydrogen-bond acceptors (Lipinski definition) is 3. The van der Waals surface area contributed by atoms with Crippen LogP contribution in [0.2, 0.25) is 5.02 Å². The van der Waals surface area contributed by atoms with Gasteiger partial charge in [-0.25, -0.2) is 4.79 Å². The molecule has 1 saturated heterocycles. The van der Waals surface area contributed by atoms with Gasteiger partial charge in [-0.05, 0) is 18.2 Å². The minimum absolute atomic E-state index is 0.155. The van der Waals surface area contributed by atoms with E-state index in [2.05, 4.69) is 5.32 Å². The number of likely N-dealkylation sites (N-methyl/N-ethyl adjacent to an activating group) is 1. The second-order valence-corrected chi connectivity index (χ2v) is 4.88. The molecule has 1 heterocycles. The molecule has 1 N–H and O–H groups in total. The van der Waals surface area contributed by atoms with Crippen LogP contribution in [0.25, 0.3) is 0 Å². The number of carbonyl (C=O) groups excluding carboxylic acids is 2. The van der Waals surface area contributed by atoms with Gasteiger partial charge in [0.05, 0.1) is 6.54 Å². The van der Waals surface area contributed by atoms with Crippen LogP contribution in [0.3, 0.4) is 0 Å². The predicted molar refractivity (Wildman–Crippen MR) is 71.3 cm³/mol. The monoisotopic (exact) mass is 282 g/mol. The number of ether oxygens (including phenoxy) is 1. The Morgan fingerprint density at radius 3 is 3.00 bits per heavy atom. The van der Waals surface area contributed by atoms with E-state index in [-0.39, 0.29) is 18.1 Å². The zero-order valence-electron chi connectivity index (χ0n) is 10.6. The van der Waals surface area contributed by atoms with Gasteiger partial charge in [0.15, 0.2) is 0 Å². The number of rotatable bonds is 4. The molecule has 2 rings (SSSR count). The van der Waals surface area contributed by atoms with Gasteiger partial charge in [-0.15, -0.1) is 0 Å². The Morgan fingerprint density at radius 1 is 1.58 bits per heavy atom. The lowest BCUT2D eigenvalue weighted by Gasteiger charge is -2.09. The van der Waals surface area contributed by atoms with Crippen molar-refractivity contribution in [2.45, 2.75) is 12.5 Å². The second kappa shape index (κ2) is 5.93. The van der Waals surface area contributed by atoms with E-state index < -0.39 is 0 Å². The second-order valence-electron chi connectivity index (χ2n) is 4.44. The van der Waals surface area contributed by atoms with Gasteiger partial charge in [-0.3, -0.25) is 4.79 Å². The van der Waals surface area contributed by atoms with Crippen molar-refractivity contribution in [2.75, 3.05) is 20.1 Å². The van der Waals surface area contributed by atoms with Crippen molar-refractivity contribution in [3.63, 3.8) is 0 Å². The first kappa shape index (κ1) is 13.7. The van der Waals surface area contributed by atoms with Crippen LogP contribution in [-0.4, -0.2) is 43.1 Å². The highest BCUT2D eigenvalue weighted by atomic mass is 35.5. The van der Waals surface area contributed by atoms with Crippen molar-refractivity contribution in [1.29, 1.82) is 0 Å². The standard InChI is InChI=1S/C13H15ClN2O3/c1-16-8-11(19-13(16)18)5-6-15-12(17)9-3-2-4-10(14)7-9/h2-4,7,11H,5-6,8H2,1H3,(H,15,17). The van der Waals surface area contributed by atoms with E-state index in [0.717, 1.165) is 0 Å². The molecule has 1 aliphatic rings.